The molecule has 2 atom stereocenters. The summed E-state index contributed by atoms with van der Waals surface area (Å²) in [5.41, 5.74) is 1.54. The van der Waals surface area contributed by atoms with Gasteiger partial charge in [-0.05, 0) is 37.0 Å². The summed E-state index contributed by atoms with van der Waals surface area (Å²) in [6, 6.07) is 14.4. The van der Waals surface area contributed by atoms with E-state index in [-0.39, 0.29) is 23.2 Å². The van der Waals surface area contributed by atoms with E-state index in [0.717, 1.165) is 18.7 Å². The SMILES string of the molecule is O=C(NCC1(c2ccccc2)CC1)[C@H]1C[C@@H]1c1ccco1. The summed E-state index contributed by atoms with van der Waals surface area (Å²) in [6.45, 7) is 0.761. The van der Waals surface area contributed by atoms with Crippen molar-refractivity contribution >= 4 is 5.91 Å². The fourth-order valence-corrected chi connectivity index (χ4v) is 3.20. The van der Waals surface area contributed by atoms with E-state index in [1.165, 1.54) is 18.4 Å². The van der Waals surface area contributed by atoms with E-state index in [4.69, 9.17) is 4.42 Å². The first-order chi connectivity index (χ1) is 10.3. The highest BCUT2D eigenvalue weighted by molar-refractivity contribution is 5.82. The Morgan fingerprint density at radius 1 is 1.19 bits per heavy atom. The lowest BCUT2D eigenvalue weighted by molar-refractivity contribution is -0.122. The molecule has 4 rings (SSSR count). The third kappa shape index (κ3) is 2.37. The number of hydrogen-bond donors (Lipinski definition) is 1. The summed E-state index contributed by atoms with van der Waals surface area (Å²) in [4.78, 5) is 12.3. The van der Waals surface area contributed by atoms with Crippen LogP contribution in [0, 0.1) is 5.92 Å². The molecule has 0 unspecified atom stereocenters. The Labute approximate surface area is 124 Å². The summed E-state index contributed by atoms with van der Waals surface area (Å²) in [5, 5.41) is 3.16. The van der Waals surface area contributed by atoms with Gasteiger partial charge in [0.2, 0.25) is 5.91 Å². The van der Waals surface area contributed by atoms with Gasteiger partial charge >= 0.3 is 0 Å². The van der Waals surface area contributed by atoms with Gasteiger partial charge in [0.1, 0.15) is 5.76 Å². The van der Waals surface area contributed by atoms with Gasteiger partial charge < -0.3 is 9.73 Å². The monoisotopic (exact) mass is 281 g/mol. The van der Waals surface area contributed by atoms with Crippen LogP contribution in [0.2, 0.25) is 0 Å². The zero-order chi connectivity index (χ0) is 14.3. The standard InChI is InChI=1S/C18H19NO2/c20-17(15-11-14(15)16-7-4-10-21-16)19-12-18(8-9-18)13-5-2-1-3-6-13/h1-7,10,14-15H,8-9,11-12H2,(H,19,20)/t14-,15-/m0/s1. The average Bonchev–Trinajstić information content (AvgIpc) is 3.44. The first-order valence-corrected chi connectivity index (χ1v) is 7.65. The normalized spacial score (nSPS) is 25.3. The zero-order valence-corrected chi connectivity index (χ0v) is 11.9. The van der Waals surface area contributed by atoms with Gasteiger partial charge in [-0.1, -0.05) is 30.3 Å². The van der Waals surface area contributed by atoms with Crippen LogP contribution in [0.15, 0.2) is 53.1 Å². The van der Waals surface area contributed by atoms with Crippen LogP contribution in [-0.4, -0.2) is 12.5 Å². The molecule has 2 fully saturated rings. The van der Waals surface area contributed by atoms with Crippen LogP contribution < -0.4 is 5.32 Å². The van der Waals surface area contributed by atoms with Crippen molar-refractivity contribution in [3.05, 3.63) is 60.1 Å². The molecule has 2 aliphatic carbocycles. The third-order valence-electron chi connectivity index (χ3n) is 4.88. The Morgan fingerprint density at radius 3 is 2.67 bits per heavy atom. The number of rotatable bonds is 5. The Kier molecular flexibility index (Phi) is 2.88. The smallest absolute Gasteiger partial charge is 0.223 e. The average molecular weight is 281 g/mol. The summed E-state index contributed by atoms with van der Waals surface area (Å²) in [5.74, 6) is 1.51. The first kappa shape index (κ1) is 12.7. The van der Waals surface area contributed by atoms with Crippen molar-refractivity contribution in [2.45, 2.75) is 30.6 Å². The highest BCUT2D eigenvalue weighted by Gasteiger charge is 2.48. The minimum Gasteiger partial charge on any atom is -0.469 e. The molecule has 2 aromatic rings. The van der Waals surface area contributed by atoms with Crippen molar-refractivity contribution in [1.82, 2.24) is 5.32 Å². The molecule has 1 heterocycles. The van der Waals surface area contributed by atoms with E-state index in [2.05, 4.69) is 29.6 Å². The van der Waals surface area contributed by atoms with Gasteiger partial charge in [0, 0.05) is 23.8 Å². The highest BCUT2D eigenvalue weighted by Crippen LogP contribution is 2.49. The first-order valence-electron chi connectivity index (χ1n) is 7.65. The van der Waals surface area contributed by atoms with Gasteiger partial charge in [0.25, 0.3) is 0 Å². The van der Waals surface area contributed by atoms with Crippen LogP contribution in [0.1, 0.15) is 36.5 Å². The van der Waals surface area contributed by atoms with Gasteiger partial charge in [-0.3, -0.25) is 4.79 Å². The van der Waals surface area contributed by atoms with Crippen molar-refractivity contribution in [1.29, 1.82) is 0 Å². The maximum atomic E-state index is 12.3. The molecule has 3 nitrogen and oxygen atoms in total. The van der Waals surface area contributed by atoms with Crippen LogP contribution in [-0.2, 0) is 10.2 Å². The fourth-order valence-electron chi connectivity index (χ4n) is 3.20. The number of carbonyl (C=O) groups excluding carboxylic acids is 1. The quantitative estimate of drug-likeness (QED) is 0.914. The largest absolute Gasteiger partial charge is 0.469 e. The molecule has 2 saturated carbocycles. The maximum Gasteiger partial charge on any atom is 0.223 e. The van der Waals surface area contributed by atoms with Crippen LogP contribution in [0.3, 0.4) is 0 Å². The van der Waals surface area contributed by atoms with Gasteiger partial charge in [0.15, 0.2) is 0 Å². The molecule has 108 valence electrons. The number of hydrogen-bond acceptors (Lipinski definition) is 2. The zero-order valence-electron chi connectivity index (χ0n) is 11.9. The second-order valence-corrected chi connectivity index (χ2v) is 6.33. The number of nitrogens with one attached hydrogen (secondary N) is 1. The van der Waals surface area contributed by atoms with Gasteiger partial charge in [0.05, 0.1) is 6.26 Å². The van der Waals surface area contributed by atoms with Crippen molar-refractivity contribution < 1.29 is 9.21 Å². The molecule has 1 aromatic heterocycles. The topological polar surface area (TPSA) is 42.2 Å². The van der Waals surface area contributed by atoms with E-state index in [1.807, 2.05) is 18.2 Å². The van der Waals surface area contributed by atoms with Crippen molar-refractivity contribution in [3.63, 3.8) is 0 Å². The maximum absolute atomic E-state index is 12.3. The molecule has 1 aromatic carbocycles. The van der Waals surface area contributed by atoms with E-state index < -0.39 is 0 Å². The van der Waals surface area contributed by atoms with E-state index in [1.54, 1.807) is 6.26 Å². The van der Waals surface area contributed by atoms with Crippen LogP contribution in [0.5, 0.6) is 0 Å². The predicted octanol–water partition coefficient (Wildman–Crippen LogP) is 3.23. The lowest BCUT2D eigenvalue weighted by atomic mass is 9.96. The predicted molar refractivity (Wildman–Crippen MR) is 79.9 cm³/mol. The summed E-state index contributed by atoms with van der Waals surface area (Å²) >= 11 is 0. The Bertz CT molecular complexity index is 629. The van der Waals surface area contributed by atoms with E-state index in [0.29, 0.717) is 0 Å². The van der Waals surface area contributed by atoms with E-state index in [9.17, 15) is 4.79 Å². The number of benzene rings is 1. The molecule has 3 heteroatoms. The second kappa shape index (κ2) is 4.76. The van der Waals surface area contributed by atoms with E-state index >= 15 is 0 Å². The fraction of sp³-hybridized carbons (Fsp3) is 0.389. The molecule has 2 aliphatic rings. The molecular weight excluding hydrogens is 262 g/mol. The highest BCUT2D eigenvalue weighted by atomic mass is 16.3. The Morgan fingerprint density at radius 2 is 2.00 bits per heavy atom. The molecule has 1 amide bonds. The summed E-state index contributed by atoms with van der Waals surface area (Å²) in [6.07, 6.45) is 4.93. The second-order valence-electron chi connectivity index (χ2n) is 6.33. The summed E-state index contributed by atoms with van der Waals surface area (Å²) in [7, 11) is 0. The number of furan rings is 1. The Hall–Kier alpha value is -2.03. The van der Waals surface area contributed by atoms with Crippen molar-refractivity contribution in [3.8, 4) is 0 Å². The molecule has 1 N–H and O–H groups in total. The minimum absolute atomic E-state index is 0.0997. The van der Waals surface area contributed by atoms with Crippen LogP contribution in [0.4, 0.5) is 0 Å². The molecule has 0 bridgehead atoms. The molecule has 0 radical (unpaired) electrons. The van der Waals surface area contributed by atoms with Crippen LogP contribution in [0.25, 0.3) is 0 Å². The van der Waals surface area contributed by atoms with Crippen molar-refractivity contribution in [2.24, 2.45) is 5.92 Å². The molecule has 21 heavy (non-hydrogen) atoms. The third-order valence-corrected chi connectivity index (χ3v) is 4.88. The number of amides is 1. The summed E-state index contributed by atoms with van der Waals surface area (Å²) < 4.78 is 5.38. The minimum atomic E-state index is 0.0997. The molecule has 0 saturated heterocycles. The molecule has 0 spiro atoms. The van der Waals surface area contributed by atoms with Crippen LogP contribution >= 0.6 is 0 Å². The molecular formula is C18H19NO2. The Balaban J connectivity index is 1.35. The lowest BCUT2D eigenvalue weighted by Crippen LogP contribution is -2.33. The van der Waals surface area contributed by atoms with Gasteiger partial charge in [-0.15, -0.1) is 0 Å². The lowest BCUT2D eigenvalue weighted by Gasteiger charge is -2.16. The number of carbonyl (C=O) groups is 1. The van der Waals surface area contributed by atoms with Gasteiger partial charge in [-0.2, -0.15) is 0 Å². The van der Waals surface area contributed by atoms with Crippen molar-refractivity contribution in [2.75, 3.05) is 6.54 Å². The molecule has 0 aliphatic heterocycles. The van der Waals surface area contributed by atoms with Gasteiger partial charge in [-0.25, -0.2) is 0 Å².